The topological polar surface area (TPSA) is 93.5 Å². The summed E-state index contributed by atoms with van der Waals surface area (Å²) in [7, 11) is 4.83. The third-order valence-electron chi connectivity index (χ3n) is 6.92. The van der Waals surface area contributed by atoms with Crippen LogP contribution in [0.4, 0.5) is 0 Å². The molecule has 7 nitrogen and oxygen atoms in total. The number of hydrogen-bond acceptors (Lipinski definition) is 7. The van der Waals surface area contributed by atoms with E-state index in [1.807, 2.05) is 86.6 Å². The number of ether oxygens (including phenoxy) is 3. The molecule has 1 unspecified atom stereocenters. The lowest BCUT2D eigenvalue weighted by Gasteiger charge is -2.18. The van der Waals surface area contributed by atoms with Gasteiger partial charge in [0.2, 0.25) is 5.91 Å². The number of nitrogens with one attached hydrogen (secondary N) is 1. The molecule has 1 amide bonds. The maximum atomic E-state index is 13.3. The molecular weight excluding hydrogens is 546 g/mol. The van der Waals surface area contributed by atoms with Crippen LogP contribution in [0.1, 0.15) is 30.0 Å². The van der Waals surface area contributed by atoms with Crippen molar-refractivity contribution in [1.29, 1.82) is 5.26 Å². The Morgan fingerprint density at radius 3 is 2.24 bits per heavy atom. The number of nitrogens with zero attached hydrogens (tertiary/aromatic N) is 2. The highest BCUT2D eigenvalue weighted by atomic mass is 32.2. The fourth-order valence-electron chi connectivity index (χ4n) is 4.52. The van der Waals surface area contributed by atoms with Gasteiger partial charge in [-0.1, -0.05) is 54.6 Å². The summed E-state index contributed by atoms with van der Waals surface area (Å²) >= 11 is 1.33. The molecule has 8 heteroatoms. The second-order valence-electron chi connectivity index (χ2n) is 9.69. The molecule has 0 aliphatic rings. The summed E-state index contributed by atoms with van der Waals surface area (Å²) in [6, 6.07) is 25.8. The minimum absolute atomic E-state index is 0.0968. The minimum Gasteiger partial charge on any atom is -0.497 e. The van der Waals surface area contributed by atoms with Crippen LogP contribution in [0.3, 0.4) is 0 Å². The summed E-state index contributed by atoms with van der Waals surface area (Å²) in [5.41, 5.74) is 5.93. The monoisotopic (exact) mass is 581 g/mol. The van der Waals surface area contributed by atoms with E-state index in [0.717, 1.165) is 39.3 Å². The lowest BCUT2D eigenvalue weighted by atomic mass is 9.98. The number of rotatable bonds is 12. The van der Waals surface area contributed by atoms with Gasteiger partial charge in [0, 0.05) is 17.7 Å². The second kappa shape index (κ2) is 14.4. The van der Waals surface area contributed by atoms with Gasteiger partial charge in [-0.15, -0.1) is 0 Å². The number of methoxy groups -OCH3 is 3. The van der Waals surface area contributed by atoms with E-state index >= 15 is 0 Å². The van der Waals surface area contributed by atoms with Gasteiger partial charge in [0.25, 0.3) is 0 Å². The molecule has 0 aliphatic carbocycles. The van der Waals surface area contributed by atoms with Crippen LogP contribution in [0.25, 0.3) is 22.4 Å². The summed E-state index contributed by atoms with van der Waals surface area (Å²) in [6.45, 7) is 4.46. The number of pyridine rings is 1. The van der Waals surface area contributed by atoms with Crippen LogP contribution in [0.5, 0.6) is 17.2 Å². The summed E-state index contributed by atoms with van der Waals surface area (Å²) in [5, 5.41) is 13.4. The SMILES string of the molecule is CCC(Sc1nc(-c2ccc(OC)cc2)cc(-c2ccc(C)cc2)c1C#N)C(=O)NCCc1ccc(OC)c(OC)c1. The Morgan fingerprint density at radius 2 is 1.62 bits per heavy atom. The third kappa shape index (κ3) is 7.23. The van der Waals surface area contributed by atoms with Crippen molar-refractivity contribution in [1.82, 2.24) is 10.3 Å². The first kappa shape index (κ1) is 30.5. The molecule has 1 N–H and O–H groups in total. The summed E-state index contributed by atoms with van der Waals surface area (Å²) in [4.78, 5) is 18.2. The van der Waals surface area contributed by atoms with Crippen molar-refractivity contribution in [3.63, 3.8) is 0 Å². The normalized spacial score (nSPS) is 11.3. The average molecular weight is 582 g/mol. The highest BCUT2D eigenvalue weighted by Gasteiger charge is 2.23. The van der Waals surface area contributed by atoms with Gasteiger partial charge < -0.3 is 19.5 Å². The predicted molar refractivity (Wildman–Crippen MR) is 167 cm³/mol. The Hall–Kier alpha value is -4.48. The summed E-state index contributed by atoms with van der Waals surface area (Å²) < 4.78 is 16.0. The van der Waals surface area contributed by atoms with Crippen molar-refractivity contribution in [3.05, 3.63) is 89.5 Å². The van der Waals surface area contributed by atoms with Crippen molar-refractivity contribution in [2.24, 2.45) is 0 Å². The molecule has 0 aliphatic heterocycles. The van der Waals surface area contributed by atoms with Crippen molar-refractivity contribution < 1.29 is 19.0 Å². The number of amides is 1. The highest BCUT2D eigenvalue weighted by molar-refractivity contribution is 8.00. The number of benzene rings is 3. The zero-order chi connectivity index (χ0) is 30.1. The van der Waals surface area contributed by atoms with E-state index in [4.69, 9.17) is 19.2 Å². The molecule has 0 bridgehead atoms. The van der Waals surface area contributed by atoms with Gasteiger partial charge in [-0.3, -0.25) is 4.79 Å². The van der Waals surface area contributed by atoms with Crippen molar-refractivity contribution in [2.45, 2.75) is 37.0 Å². The zero-order valence-corrected chi connectivity index (χ0v) is 25.4. The van der Waals surface area contributed by atoms with E-state index in [1.54, 1.807) is 21.3 Å². The molecule has 42 heavy (non-hydrogen) atoms. The molecule has 0 saturated heterocycles. The smallest absolute Gasteiger partial charge is 0.233 e. The maximum Gasteiger partial charge on any atom is 0.233 e. The van der Waals surface area contributed by atoms with Gasteiger partial charge in [0.1, 0.15) is 16.8 Å². The molecule has 0 saturated carbocycles. The van der Waals surface area contributed by atoms with Crippen molar-refractivity contribution in [2.75, 3.05) is 27.9 Å². The first-order chi connectivity index (χ1) is 20.4. The minimum atomic E-state index is -0.424. The number of carbonyl (C=O) groups excluding carboxylic acids is 1. The second-order valence-corrected chi connectivity index (χ2v) is 10.9. The molecule has 1 aromatic heterocycles. The van der Waals surface area contributed by atoms with Gasteiger partial charge in [-0.25, -0.2) is 4.98 Å². The average Bonchev–Trinajstić information content (AvgIpc) is 3.03. The van der Waals surface area contributed by atoms with Crippen LogP contribution < -0.4 is 19.5 Å². The van der Waals surface area contributed by atoms with Gasteiger partial charge in [0.05, 0.1) is 37.8 Å². The Kier molecular flexibility index (Phi) is 10.5. The van der Waals surface area contributed by atoms with E-state index in [2.05, 4.69) is 11.4 Å². The standard InChI is InChI=1S/C34H35N3O4S/c1-6-32(33(38)36-18-17-23-9-16-30(40-4)31(19-23)41-5)42-34-28(21-35)27(24-10-7-22(2)8-11-24)20-29(37-34)25-12-14-26(39-3)15-13-25/h7-16,19-20,32H,6,17-18H2,1-5H3,(H,36,38). The van der Waals surface area contributed by atoms with Crippen LogP contribution in [-0.4, -0.2) is 44.0 Å². The molecule has 1 atom stereocenters. The highest BCUT2D eigenvalue weighted by Crippen LogP contribution is 2.37. The fraction of sp³-hybridized carbons (Fsp3) is 0.265. The number of aryl methyl sites for hydroxylation is 1. The lowest BCUT2D eigenvalue weighted by Crippen LogP contribution is -2.33. The molecule has 216 valence electrons. The largest absolute Gasteiger partial charge is 0.497 e. The fourth-order valence-corrected chi connectivity index (χ4v) is 5.57. The number of thioether (sulfide) groups is 1. The molecule has 3 aromatic carbocycles. The molecule has 0 fully saturated rings. The van der Waals surface area contributed by atoms with Crippen LogP contribution in [0, 0.1) is 18.3 Å². The first-order valence-electron chi connectivity index (χ1n) is 13.7. The van der Waals surface area contributed by atoms with Gasteiger partial charge in [0.15, 0.2) is 11.5 Å². The van der Waals surface area contributed by atoms with Crippen LogP contribution in [-0.2, 0) is 11.2 Å². The van der Waals surface area contributed by atoms with Crippen molar-refractivity contribution in [3.8, 4) is 45.7 Å². The van der Waals surface area contributed by atoms with Crippen LogP contribution in [0.15, 0.2) is 77.8 Å². The molecular formula is C34H35N3O4S. The van der Waals surface area contributed by atoms with Gasteiger partial charge >= 0.3 is 0 Å². The van der Waals surface area contributed by atoms with E-state index in [-0.39, 0.29) is 5.91 Å². The first-order valence-corrected chi connectivity index (χ1v) is 14.6. The van der Waals surface area contributed by atoms with Crippen molar-refractivity contribution >= 4 is 17.7 Å². The lowest BCUT2D eigenvalue weighted by molar-refractivity contribution is -0.120. The van der Waals surface area contributed by atoms with Gasteiger partial charge in [-0.2, -0.15) is 5.26 Å². The van der Waals surface area contributed by atoms with Crippen LogP contribution in [0.2, 0.25) is 0 Å². The van der Waals surface area contributed by atoms with E-state index < -0.39 is 5.25 Å². The molecule has 4 rings (SSSR count). The van der Waals surface area contributed by atoms with E-state index in [0.29, 0.717) is 41.5 Å². The Bertz CT molecular complexity index is 1560. The quantitative estimate of drug-likeness (QED) is 0.183. The van der Waals surface area contributed by atoms with E-state index in [1.165, 1.54) is 11.8 Å². The Balaban J connectivity index is 1.60. The molecule has 0 spiro atoms. The zero-order valence-electron chi connectivity index (χ0n) is 24.6. The van der Waals surface area contributed by atoms with Gasteiger partial charge in [-0.05, 0) is 73.4 Å². The van der Waals surface area contributed by atoms with E-state index in [9.17, 15) is 10.1 Å². The maximum absolute atomic E-state index is 13.3. The Morgan fingerprint density at radius 1 is 0.929 bits per heavy atom. The summed E-state index contributed by atoms with van der Waals surface area (Å²) in [6.07, 6.45) is 1.21. The number of aromatic nitrogens is 1. The number of nitriles is 1. The van der Waals surface area contributed by atoms with Crippen LogP contribution >= 0.6 is 11.8 Å². The molecule has 1 heterocycles. The third-order valence-corrected chi connectivity index (χ3v) is 8.27. The predicted octanol–water partition coefficient (Wildman–Crippen LogP) is 6.85. The number of hydrogen-bond donors (Lipinski definition) is 1. The Labute approximate surface area is 251 Å². The molecule has 0 radical (unpaired) electrons. The molecule has 4 aromatic rings. The number of carbonyl (C=O) groups is 1. The summed E-state index contributed by atoms with van der Waals surface area (Å²) in [5.74, 6) is 1.96.